The van der Waals surface area contributed by atoms with Gasteiger partial charge in [-0.25, -0.2) is 4.99 Å². The Morgan fingerprint density at radius 2 is 2.00 bits per heavy atom. The summed E-state index contributed by atoms with van der Waals surface area (Å²) < 4.78 is 2.14. The standard InChI is InChI=1S/C20H25N5.HI/c1-4-21-20(25(3)15-17-8-7-13-24(17)2)23-14-16-11-12-22-19-10-6-5-9-18(16)19;/h5-13H,4,14-15H2,1-3H3,(H,21,23);1H. The number of pyridine rings is 1. The third-order valence-electron chi connectivity index (χ3n) is 4.29. The highest BCUT2D eigenvalue weighted by Crippen LogP contribution is 2.17. The topological polar surface area (TPSA) is 45.5 Å². The van der Waals surface area contributed by atoms with Crippen molar-refractivity contribution in [3.05, 3.63) is 66.1 Å². The van der Waals surface area contributed by atoms with E-state index in [0.717, 1.165) is 30.0 Å². The first-order chi connectivity index (χ1) is 12.2. The Kier molecular flexibility index (Phi) is 7.44. The van der Waals surface area contributed by atoms with E-state index in [9.17, 15) is 0 Å². The molecule has 0 saturated carbocycles. The van der Waals surface area contributed by atoms with Crippen LogP contribution in [0.4, 0.5) is 0 Å². The molecule has 1 N–H and O–H groups in total. The molecule has 0 amide bonds. The zero-order valence-electron chi connectivity index (χ0n) is 15.5. The van der Waals surface area contributed by atoms with Crippen LogP contribution in [0.15, 0.2) is 59.9 Å². The SMILES string of the molecule is CCNC(=NCc1ccnc2ccccc12)N(C)Cc1cccn1C.I. The van der Waals surface area contributed by atoms with Gasteiger partial charge in [0, 0.05) is 44.1 Å². The van der Waals surface area contributed by atoms with Gasteiger partial charge in [0.15, 0.2) is 5.96 Å². The van der Waals surface area contributed by atoms with Crippen molar-refractivity contribution in [1.82, 2.24) is 19.8 Å². The first kappa shape index (κ1) is 20.2. The molecule has 26 heavy (non-hydrogen) atoms. The number of fused-ring (bicyclic) bond motifs is 1. The van der Waals surface area contributed by atoms with E-state index in [1.165, 1.54) is 11.3 Å². The number of benzene rings is 1. The fourth-order valence-electron chi connectivity index (χ4n) is 2.90. The van der Waals surface area contributed by atoms with Crippen molar-refractivity contribution in [2.45, 2.75) is 20.0 Å². The zero-order chi connectivity index (χ0) is 17.6. The van der Waals surface area contributed by atoms with Crippen LogP contribution in [-0.2, 0) is 20.1 Å². The van der Waals surface area contributed by atoms with Crippen molar-refractivity contribution in [2.75, 3.05) is 13.6 Å². The van der Waals surface area contributed by atoms with E-state index in [4.69, 9.17) is 4.99 Å². The van der Waals surface area contributed by atoms with Gasteiger partial charge in [-0.2, -0.15) is 0 Å². The molecule has 0 fully saturated rings. The Morgan fingerprint density at radius 1 is 1.19 bits per heavy atom. The highest BCUT2D eigenvalue weighted by Gasteiger charge is 2.09. The van der Waals surface area contributed by atoms with E-state index < -0.39 is 0 Å². The first-order valence-electron chi connectivity index (χ1n) is 8.61. The summed E-state index contributed by atoms with van der Waals surface area (Å²) in [6.45, 7) is 4.37. The molecule has 0 aliphatic carbocycles. The maximum absolute atomic E-state index is 4.84. The quantitative estimate of drug-likeness (QED) is 0.356. The lowest BCUT2D eigenvalue weighted by Crippen LogP contribution is -2.38. The summed E-state index contributed by atoms with van der Waals surface area (Å²) in [7, 11) is 4.13. The van der Waals surface area contributed by atoms with Crippen molar-refractivity contribution in [2.24, 2.45) is 12.0 Å². The molecule has 1 aromatic carbocycles. The van der Waals surface area contributed by atoms with Crippen molar-refractivity contribution < 1.29 is 0 Å². The lowest BCUT2D eigenvalue weighted by Gasteiger charge is -2.22. The summed E-state index contributed by atoms with van der Waals surface area (Å²) in [4.78, 5) is 11.4. The molecule has 5 nitrogen and oxygen atoms in total. The summed E-state index contributed by atoms with van der Waals surface area (Å²) in [5, 5.41) is 4.55. The summed E-state index contributed by atoms with van der Waals surface area (Å²) in [6.07, 6.45) is 3.92. The van der Waals surface area contributed by atoms with Crippen molar-refractivity contribution in [3.63, 3.8) is 0 Å². The smallest absolute Gasteiger partial charge is 0.194 e. The zero-order valence-corrected chi connectivity index (χ0v) is 17.8. The second-order valence-corrected chi connectivity index (χ2v) is 6.12. The summed E-state index contributed by atoms with van der Waals surface area (Å²) in [6, 6.07) is 14.5. The van der Waals surface area contributed by atoms with E-state index in [0.29, 0.717) is 6.54 Å². The molecule has 0 bridgehead atoms. The van der Waals surface area contributed by atoms with Crippen LogP contribution in [0.5, 0.6) is 0 Å². The monoisotopic (exact) mass is 463 g/mol. The number of hydrogen-bond donors (Lipinski definition) is 1. The molecule has 3 rings (SSSR count). The normalized spacial score (nSPS) is 11.3. The van der Waals surface area contributed by atoms with Crippen LogP contribution in [0.3, 0.4) is 0 Å². The molecule has 0 aliphatic heterocycles. The Labute approximate surface area is 172 Å². The maximum atomic E-state index is 4.84. The predicted molar refractivity (Wildman–Crippen MR) is 119 cm³/mol. The van der Waals surface area contributed by atoms with Gasteiger partial charge in [-0.15, -0.1) is 24.0 Å². The minimum Gasteiger partial charge on any atom is -0.357 e. The number of hydrogen-bond acceptors (Lipinski definition) is 2. The Morgan fingerprint density at radius 3 is 2.73 bits per heavy atom. The van der Waals surface area contributed by atoms with Gasteiger partial charge in [-0.1, -0.05) is 18.2 Å². The molecule has 0 radical (unpaired) electrons. The third kappa shape index (κ3) is 4.75. The van der Waals surface area contributed by atoms with Gasteiger partial charge in [0.1, 0.15) is 0 Å². The first-order valence-corrected chi connectivity index (χ1v) is 8.61. The molecular formula is C20H26IN5. The lowest BCUT2D eigenvalue weighted by molar-refractivity contribution is 0.462. The van der Waals surface area contributed by atoms with Gasteiger partial charge in [0.05, 0.1) is 18.6 Å². The highest BCUT2D eigenvalue weighted by molar-refractivity contribution is 14.0. The fraction of sp³-hybridized carbons (Fsp3) is 0.300. The van der Waals surface area contributed by atoms with Crippen LogP contribution >= 0.6 is 24.0 Å². The Hall–Kier alpha value is -2.09. The molecule has 2 aromatic heterocycles. The van der Waals surface area contributed by atoms with Crippen molar-refractivity contribution in [3.8, 4) is 0 Å². The number of guanidine groups is 1. The van der Waals surface area contributed by atoms with E-state index in [1.54, 1.807) is 0 Å². The molecule has 0 unspecified atom stereocenters. The highest BCUT2D eigenvalue weighted by atomic mass is 127. The van der Waals surface area contributed by atoms with Crippen LogP contribution in [-0.4, -0.2) is 34.0 Å². The minimum atomic E-state index is 0. The number of aliphatic imine (C=N–C) groups is 1. The average Bonchev–Trinajstić information content (AvgIpc) is 3.03. The summed E-state index contributed by atoms with van der Waals surface area (Å²) in [5.74, 6) is 0.907. The Bertz CT molecular complexity index is 866. The second kappa shape index (κ2) is 9.56. The molecule has 0 atom stereocenters. The maximum Gasteiger partial charge on any atom is 0.194 e. The number of aromatic nitrogens is 2. The van der Waals surface area contributed by atoms with Gasteiger partial charge in [-0.05, 0) is 36.8 Å². The average molecular weight is 463 g/mol. The minimum absolute atomic E-state index is 0. The molecule has 0 aliphatic rings. The number of rotatable bonds is 5. The predicted octanol–water partition coefficient (Wildman–Crippen LogP) is 3.79. The number of nitrogens with one attached hydrogen (secondary N) is 1. The number of nitrogens with zero attached hydrogens (tertiary/aromatic N) is 4. The molecular weight excluding hydrogens is 437 g/mol. The summed E-state index contributed by atoms with van der Waals surface area (Å²) >= 11 is 0. The molecule has 138 valence electrons. The second-order valence-electron chi connectivity index (χ2n) is 6.12. The van der Waals surface area contributed by atoms with Gasteiger partial charge >= 0.3 is 0 Å². The summed E-state index contributed by atoms with van der Waals surface area (Å²) in [5.41, 5.74) is 3.45. The van der Waals surface area contributed by atoms with E-state index in [1.807, 2.05) is 30.5 Å². The number of para-hydroxylation sites is 1. The van der Waals surface area contributed by atoms with Crippen LogP contribution in [0, 0.1) is 0 Å². The number of halogens is 1. The van der Waals surface area contributed by atoms with Crippen LogP contribution in [0.25, 0.3) is 10.9 Å². The van der Waals surface area contributed by atoms with Crippen molar-refractivity contribution in [1.29, 1.82) is 0 Å². The molecule has 3 aromatic rings. The van der Waals surface area contributed by atoms with Crippen LogP contribution in [0.1, 0.15) is 18.2 Å². The lowest BCUT2D eigenvalue weighted by atomic mass is 10.1. The molecule has 0 saturated heterocycles. The fourth-order valence-corrected chi connectivity index (χ4v) is 2.90. The van der Waals surface area contributed by atoms with Gasteiger partial charge in [0.2, 0.25) is 0 Å². The Balaban J connectivity index is 0.00000243. The molecule has 2 heterocycles. The largest absolute Gasteiger partial charge is 0.357 e. The van der Waals surface area contributed by atoms with Gasteiger partial charge in [0.25, 0.3) is 0 Å². The van der Waals surface area contributed by atoms with Crippen LogP contribution < -0.4 is 5.32 Å². The van der Waals surface area contributed by atoms with E-state index >= 15 is 0 Å². The molecule has 6 heteroatoms. The van der Waals surface area contributed by atoms with Gasteiger partial charge < -0.3 is 14.8 Å². The van der Waals surface area contributed by atoms with Crippen molar-refractivity contribution >= 4 is 40.8 Å². The van der Waals surface area contributed by atoms with Crippen LogP contribution in [0.2, 0.25) is 0 Å². The molecule has 0 spiro atoms. The van der Waals surface area contributed by atoms with E-state index in [-0.39, 0.29) is 24.0 Å². The number of aryl methyl sites for hydroxylation is 1. The third-order valence-corrected chi connectivity index (χ3v) is 4.29. The van der Waals surface area contributed by atoms with Gasteiger partial charge in [-0.3, -0.25) is 4.98 Å². The van der Waals surface area contributed by atoms with E-state index in [2.05, 4.69) is 65.2 Å².